The van der Waals surface area contributed by atoms with Gasteiger partial charge in [-0.25, -0.2) is 8.78 Å². The molecule has 0 radical (unpaired) electrons. The predicted molar refractivity (Wildman–Crippen MR) is 127 cm³/mol. The number of hydrogen-bond acceptors (Lipinski definition) is 3. The Morgan fingerprint density at radius 3 is 2.62 bits per heavy atom. The maximum absolute atomic E-state index is 14.9. The highest BCUT2D eigenvalue weighted by Crippen LogP contribution is 2.52. The molecular formula is C27H21F2NOS. The molecule has 0 amide bonds. The van der Waals surface area contributed by atoms with Crippen LogP contribution in [0.5, 0.6) is 5.75 Å². The number of anilines is 1. The Hall–Kier alpha value is -3.18. The summed E-state index contributed by atoms with van der Waals surface area (Å²) in [5.74, 6) is -1.19. The summed E-state index contributed by atoms with van der Waals surface area (Å²) in [6.45, 7) is 6.34. The van der Waals surface area contributed by atoms with Crippen LogP contribution in [-0.4, -0.2) is 5.54 Å². The number of benzene rings is 3. The van der Waals surface area contributed by atoms with Crippen LogP contribution in [-0.2, 0) is 0 Å². The van der Waals surface area contributed by atoms with Crippen molar-refractivity contribution in [3.05, 3.63) is 88.3 Å². The molecule has 0 bridgehead atoms. The third-order valence-corrected chi connectivity index (χ3v) is 7.33. The molecule has 0 fully saturated rings. The zero-order valence-electron chi connectivity index (χ0n) is 17.9. The van der Waals surface area contributed by atoms with Crippen LogP contribution in [0.15, 0.2) is 60.7 Å². The van der Waals surface area contributed by atoms with E-state index in [1.807, 2.05) is 24.3 Å². The van der Waals surface area contributed by atoms with E-state index >= 15 is 0 Å². The summed E-state index contributed by atoms with van der Waals surface area (Å²) in [5, 5.41) is 4.71. The molecule has 3 heterocycles. The van der Waals surface area contributed by atoms with Crippen LogP contribution in [0.25, 0.3) is 26.8 Å². The minimum Gasteiger partial charge on any atom is -0.476 e. The Kier molecular flexibility index (Phi) is 4.06. The summed E-state index contributed by atoms with van der Waals surface area (Å²) in [6.07, 6.45) is 1.70. The van der Waals surface area contributed by atoms with Crippen LogP contribution in [0.3, 0.4) is 0 Å². The first kappa shape index (κ1) is 19.5. The Morgan fingerprint density at radius 1 is 1.00 bits per heavy atom. The maximum atomic E-state index is 14.9. The monoisotopic (exact) mass is 445 g/mol. The molecular weight excluding hydrogens is 424 g/mol. The Bertz CT molecular complexity index is 1420. The lowest BCUT2D eigenvalue weighted by molar-refractivity contribution is 0.234. The fraction of sp³-hybridized carbons (Fsp3) is 0.185. The lowest BCUT2D eigenvalue weighted by atomic mass is 9.81. The molecule has 32 heavy (non-hydrogen) atoms. The molecule has 2 aliphatic heterocycles. The number of rotatable bonds is 1. The summed E-state index contributed by atoms with van der Waals surface area (Å²) in [7, 11) is 0. The highest BCUT2D eigenvalue weighted by atomic mass is 32.1. The summed E-state index contributed by atoms with van der Waals surface area (Å²) < 4.78 is 36.5. The average molecular weight is 446 g/mol. The molecule has 1 atom stereocenters. The number of allylic oxidation sites excluding steroid dienone is 1. The minimum atomic E-state index is -0.680. The summed E-state index contributed by atoms with van der Waals surface area (Å²) in [5.41, 5.74) is 5.18. The fourth-order valence-corrected chi connectivity index (χ4v) is 6.15. The van der Waals surface area contributed by atoms with E-state index in [9.17, 15) is 8.78 Å². The van der Waals surface area contributed by atoms with Crippen LogP contribution in [0.1, 0.15) is 42.9 Å². The van der Waals surface area contributed by atoms with Crippen molar-refractivity contribution in [3.63, 3.8) is 0 Å². The SMILES string of the molecule is CC1=CC(C)(C)Nc2ccc3c(c21)C(c1cc2ccccc2s1)Oc1c(F)cc(F)cc1-3. The zero-order valence-corrected chi connectivity index (χ0v) is 18.7. The molecule has 4 aromatic rings. The van der Waals surface area contributed by atoms with Gasteiger partial charge in [0.05, 0.1) is 10.4 Å². The second-order valence-electron chi connectivity index (χ2n) is 9.07. The van der Waals surface area contributed by atoms with Crippen molar-refractivity contribution < 1.29 is 13.5 Å². The van der Waals surface area contributed by atoms with Crippen molar-refractivity contribution in [1.82, 2.24) is 0 Å². The van der Waals surface area contributed by atoms with Gasteiger partial charge in [0, 0.05) is 33.1 Å². The van der Waals surface area contributed by atoms with Gasteiger partial charge in [0.1, 0.15) is 5.82 Å². The molecule has 0 aliphatic carbocycles. The van der Waals surface area contributed by atoms with E-state index in [1.54, 1.807) is 11.3 Å². The maximum Gasteiger partial charge on any atom is 0.168 e. The second kappa shape index (κ2) is 6.66. The molecule has 160 valence electrons. The molecule has 0 saturated heterocycles. The average Bonchev–Trinajstić information content (AvgIpc) is 3.15. The molecule has 2 aliphatic rings. The van der Waals surface area contributed by atoms with Crippen LogP contribution in [0, 0.1) is 11.6 Å². The Morgan fingerprint density at radius 2 is 1.81 bits per heavy atom. The standard InChI is InChI=1S/C27H21F2NOS/c1-14-13-27(2,3)30-20-9-8-17-18-11-16(28)12-19(29)25(18)31-26(24(17)23(14)20)22-10-15-6-4-5-7-21(15)32-22/h4-13,26,30H,1-3H3. The van der Waals surface area contributed by atoms with Gasteiger partial charge >= 0.3 is 0 Å². The lowest BCUT2D eigenvalue weighted by Gasteiger charge is -2.37. The van der Waals surface area contributed by atoms with E-state index in [1.165, 1.54) is 6.07 Å². The van der Waals surface area contributed by atoms with Crippen molar-refractivity contribution in [2.24, 2.45) is 0 Å². The molecule has 1 aromatic heterocycles. The van der Waals surface area contributed by atoms with E-state index in [-0.39, 0.29) is 11.3 Å². The van der Waals surface area contributed by atoms with Crippen LogP contribution in [0.2, 0.25) is 0 Å². The van der Waals surface area contributed by atoms with E-state index in [0.29, 0.717) is 5.56 Å². The van der Waals surface area contributed by atoms with Gasteiger partial charge in [0.15, 0.2) is 17.7 Å². The summed E-state index contributed by atoms with van der Waals surface area (Å²) in [6, 6.07) is 16.5. The quantitative estimate of drug-likeness (QED) is 0.321. The molecule has 3 aromatic carbocycles. The molecule has 2 nitrogen and oxygen atoms in total. The smallest absolute Gasteiger partial charge is 0.168 e. The van der Waals surface area contributed by atoms with Gasteiger partial charge in [0.25, 0.3) is 0 Å². The van der Waals surface area contributed by atoms with Crippen LogP contribution in [0.4, 0.5) is 14.5 Å². The van der Waals surface area contributed by atoms with Gasteiger partial charge < -0.3 is 10.1 Å². The van der Waals surface area contributed by atoms with E-state index in [4.69, 9.17) is 4.74 Å². The normalized spacial score (nSPS) is 18.2. The van der Waals surface area contributed by atoms with Crippen LogP contribution >= 0.6 is 11.3 Å². The van der Waals surface area contributed by atoms with E-state index in [0.717, 1.165) is 49.0 Å². The Balaban J connectivity index is 1.67. The van der Waals surface area contributed by atoms with Gasteiger partial charge in [-0.15, -0.1) is 11.3 Å². The molecule has 1 unspecified atom stereocenters. The van der Waals surface area contributed by atoms with Crippen molar-refractivity contribution in [3.8, 4) is 16.9 Å². The predicted octanol–water partition coefficient (Wildman–Crippen LogP) is 7.94. The number of fused-ring (bicyclic) bond motifs is 6. The van der Waals surface area contributed by atoms with Crippen molar-refractivity contribution >= 4 is 32.7 Å². The third-order valence-electron chi connectivity index (χ3n) is 6.17. The molecule has 0 saturated carbocycles. The van der Waals surface area contributed by atoms with Crippen molar-refractivity contribution in [2.75, 3.05) is 5.32 Å². The lowest BCUT2D eigenvalue weighted by Crippen LogP contribution is -2.32. The number of thiophene rings is 1. The van der Waals surface area contributed by atoms with Gasteiger partial charge in [-0.3, -0.25) is 0 Å². The molecule has 6 rings (SSSR count). The van der Waals surface area contributed by atoms with Crippen molar-refractivity contribution in [1.29, 1.82) is 0 Å². The molecule has 1 N–H and O–H groups in total. The number of hydrogen-bond donors (Lipinski definition) is 1. The first-order valence-electron chi connectivity index (χ1n) is 10.6. The van der Waals surface area contributed by atoms with Crippen LogP contribution < -0.4 is 10.1 Å². The third kappa shape index (κ3) is 2.88. The highest BCUT2D eigenvalue weighted by molar-refractivity contribution is 7.19. The van der Waals surface area contributed by atoms with Crippen molar-refractivity contribution in [2.45, 2.75) is 32.4 Å². The minimum absolute atomic E-state index is 0.104. The first-order chi connectivity index (χ1) is 15.3. The number of ether oxygens (including phenoxy) is 1. The van der Waals surface area contributed by atoms with E-state index in [2.05, 4.69) is 50.4 Å². The van der Waals surface area contributed by atoms with Gasteiger partial charge in [-0.2, -0.15) is 0 Å². The van der Waals surface area contributed by atoms with E-state index < -0.39 is 17.7 Å². The highest BCUT2D eigenvalue weighted by Gasteiger charge is 2.36. The fourth-order valence-electron chi connectivity index (χ4n) is 5.04. The molecule has 0 spiro atoms. The Labute approximate surface area is 189 Å². The number of halogens is 2. The largest absolute Gasteiger partial charge is 0.476 e. The van der Waals surface area contributed by atoms with Gasteiger partial charge in [-0.1, -0.05) is 30.3 Å². The van der Waals surface area contributed by atoms with Gasteiger partial charge in [-0.05, 0) is 61.6 Å². The molecule has 5 heteroatoms. The first-order valence-corrected chi connectivity index (χ1v) is 11.4. The van der Waals surface area contributed by atoms with Gasteiger partial charge in [0.2, 0.25) is 0 Å². The zero-order chi connectivity index (χ0) is 22.2. The number of nitrogens with one attached hydrogen (secondary N) is 1. The summed E-state index contributed by atoms with van der Waals surface area (Å²) in [4.78, 5) is 0.993. The summed E-state index contributed by atoms with van der Waals surface area (Å²) >= 11 is 1.64. The second-order valence-corrected chi connectivity index (χ2v) is 10.2. The topological polar surface area (TPSA) is 21.3 Å².